The van der Waals surface area contributed by atoms with Crippen molar-refractivity contribution in [3.8, 4) is 0 Å². The van der Waals surface area contributed by atoms with Crippen molar-refractivity contribution < 1.29 is 4.79 Å². The molecule has 0 bridgehead atoms. The number of carbonyl (C=O) groups is 1. The molecule has 1 heterocycles. The molecule has 0 spiro atoms. The van der Waals surface area contributed by atoms with E-state index in [9.17, 15) is 4.79 Å². The Morgan fingerprint density at radius 1 is 1.21 bits per heavy atom. The molecule has 0 aliphatic carbocycles. The van der Waals surface area contributed by atoms with Gasteiger partial charge >= 0.3 is 0 Å². The Labute approximate surface area is 120 Å². The summed E-state index contributed by atoms with van der Waals surface area (Å²) < 4.78 is 0.769. The zero-order valence-electron chi connectivity index (χ0n) is 10.7. The van der Waals surface area contributed by atoms with Crippen LogP contribution in [0.5, 0.6) is 0 Å². The average molecular weight is 320 g/mol. The average Bonchev–Trinajstić information content (AvgIpc) is 2.33. The molecule has 1 amide bonds. The largest absolute Gasteiger partial charge is 0.399 e. The smallest absolute Gasteiger partial charge is 0.257 e. The third kappa shape index (κ3) is 3.12. The number of rotatable bonds is 2. The monoisotopic (exact) mass is 319 g/mol. The van der Waals surface area contributed by atoms with Gasteiger partial charge in [0.2, 0.25) is 0 Å². The van der Waals surface area contributed by atoms with Crippen molar-refractivity contribution in [1.29, 1.82) is 0 Å². The molecule has 0 aliphatic heterocycles. The van der Waals surface area contributed by atoms with Gasteiger partial charge in [0.1, 0.15) is 0 Å². The quantitative estimate of drug-likeness (QED) is 0.834. The zero-order valence-corrected chi connectivity index (χ0v) is 12.3. The molecule has 0 saturated heterocycles. The molecule has 0 aliphatic rings. The third-order valence-electron chi connectivity index (χ3n) is 2.76. The molecule has 98 valence electrons. The Kier molecular flexibility index (Phi) is 3.85. The number of hydrogen-bond donors (Lipinski definition) is 2. The number of amides is 1. The molecular weight excluding hydrogens is 306 g/mol. The molecule has 0 atom stereocenters. The van der Waals surface area contributed by atoms with Gasteiger partial charge in [-0.2, -0.15) is 0 Å². The predicted molar refractivity (Wildman–Crippen MR) is 80.2 cm³/mol. The van der Waals surface area contributed by atoms with Gasteiger partial charge in [-0.3, -0.25) is 9.78 Å². The maximum atomic E-state index is 12.2. The minimum Gasteiger partial charge on any atom is -0.399 e. The Morgan fingerprint density at radius 3 is 2.42 bits per heavy atom. The molecule has 2 aromatic rings. The number of halogens is 1. The van der Waals surface area contributed by atoms with E-state index < -0.39 is 0 Å². The lowest BCUT2D eigenvalue weighted by Gasteiger charge is -2.12. The number of nitrogens with two attached hydrogens (primary N) is 1. The van der Waals surface area contributed by atoms with Crippen LogP contribution in [0.4, 0.5) is 11.4 Å². The van der Waals surface area contributed by atoms with Gasteiger partial charge in [-0.1, -0.05) is 0 Å². The first-order chi connectivity index (χ1) is 8.97. The summed E-state index contributed by atoms with van der Waals surface area (Å²) in [5, 5.41) is 2.89. The number of aromatic nitrogens is 1. The van der Waals surface area contributed by atoms with Crippen molar-refractivity contribution in [2.45, 2.75) is 13.8 Å². The van der Waals surface area contributed by atoms with Gasteiger partial charge in [-0.25, -0.2) is 0 Å². The first-order valence-corrected chi connectivity index (χ1v) is 6.55. The van der Waals surface area contributed by atoms with Gasteiger partial charge in [0.25, 0.3) is 5.91 Å². The number of hydrogen-bond acceptors (Lipinski definition) is 3. The predicted octanol–water partition coefficient (Wildman–Crippen LogP) is 3.30. The van der Waals surface area contributed by atoms with Crippen molar-refractivity contribution in [2.75, 3.05) is 11.1 Å². The molecule has 1 aromatic carbocycles. The van der Waals surface area contributed by atoms with Crippen LogP contribution < -0.4 is 11.1 Å². The fourth-order valence-electron chi connectivity index (χ4n) is 1.92. The van der Waals surface area contributed by atoms with E-state index in [1.807, 2.05) is 26.0 Å². The highest BCUT2D eigenvalue weighted by Gasteiger charge is 2.11. The topological polar surface area (TPSA) is 68.0 Å². The Balaban J connectivity index is 2.29. The minimum absolute atomic E-state index is 0.190. The summed E-state index contributed by atoms with van der Waals surface area (Å²) in [6.45, 7) is 3.83. The summed E-state index contributed by atoms with van der Waals surface area (Å²) in [6.07, 6.45) is 3.17. The van der Waals surface area contributed by atoms with E-state index in [0.29, 0.717) is 11.3 Å². The first-order valence-electron chi connectivity index (χ1n) is 5.76. The SMILES string of the molecule is Cc1cc(N)cc(C)c1NC(=O)c1cncc(Br)c1. The lowest BCUT2D eigenvalue weighted by Crippen LogP contribution is -2.14. The van der Waals surface area contributed by atoms with Crippen LogP contribution in [-0.2, 0) is 0 Å². The molecule has 1 aromatic heterocycles. The molecule has 2 rings (SSSR count). The van der Waals surface area contributed by atoms with Crippen molar-refractivity contribution in [3.63, 3.8) is 0 Å². The molecule has 0 unspecified atom stereocenters. The number of anilines is 2. The second-order valence-electron chi connectivity index (χ2n) is 4.38. The van der Waals surface area contributed by atoms with Gasteiger partial charge in [0.05, 0.1) is 5.56 Å². The number of aryl methyl sites for hydroxylation is 2. The molecule has 0 radical (unpaired) electrons. The maximum Gasteiger partial charge on any atom is 0.257 e. The van der Waals surface area contributed by atoms with E-state index in [1.54, 1.807) is 12.3 Å². The number of nitrogens with zero attached hydrogens (tertiary/aromatic N) is 1. The van der Waals surface area contributed by atoms with Crippen LogP contribution in [0.3, 0.4) is 0 Å². The molecule has 0 fully saturated rings. The van der Waals surface area contributed by atoms with Crippen molar-refractivity contribution in [3.05, 3.63) is 51.8 Å². The highest BCUT2D eigenvalue weighted by molar-refractivity contribution is 9.10. The van der Waals surface area contributed by atoms with E-state index in [2.05, 4.69) is 26.2 Å². The third-order valence-corrected chi connectivity index (χ3v) is 3.19. The number of nitrogen functional groups attached to an aromatic ring is 1. The van der Waals surface area contributed by atoms with Crippen LogP contribution >= 0.6 is 15.9 Å². The molecule has 3 N–H and O–H groups in total. The summed E-state index contributed by atoms with van der Waals surface area (Å²) in [5.74, 6) is -0.190. The summed E-state index contributed by atoms with van der Waals surface area (Å²) in [4.78, 5) is 16.1. The molecular formula is C14H14BrN3O. The normalized spacial score (nSPS) is 10.3. The van der Waals surface area contributed by atoms with Gasteiger partial charge in [-0.15, -0.1) is 0 Å². The maximum absolute atomic E-state index is 12.2. The second kappa shape index (κ2) is 5.40. The lowest BCUT2D eigenvalue weighted by atomic mass is 10.1. The zero-order chi connectivity index (χ0) is 14.0. The van der Waals surface area contributed by atoms with Crippen molar-refractivity contribution in [1.82, 2.24) is 4.98 Å². The van der Waals surface area contributed by atoms with Gasteiger partial charge in [0.15, 0.2) is 0 Å². The van der Waals surface area contributed by atoms with Crippen LogP contribution in [0.2, 0.25) is 0 Å². The Morgan fingerprint density at radius 2 is 1.84 bits per heavy atom. The van der Waals surface area contributed by atoms with Crippen molar-refractivity contribution >= 4 is 33.2 Å². The fourth-order valence-corrected chi connectivity index (χ4v) is 2.28. The second-order valence-corrected chi connectivity index (χ2v) is 5.29. The highest BCUT2D eigenvalue weighted by atomic mass is 79.9. The van der Waals surface area contributed by atoms with Crippen molar-refractivity contribution in [2.24, 2.45) is 0 Å². The van der Waals surface area contributed by atoms with E-state index in [0.717, 1.165) is 21.3 Å². The Bertz CT molecular complexity index is 617. The number of carbonyl (C=O) groups excluding carboxylic acids is 1. The van der Waals surface area contributed by atoms with Gasteiger partial charge < -0.3 is 11.1 Å². The van der Waals surface area contributed by atoms with E-state index >= 15 is 0 Å². The van der Waals surface area contributed by atoms with Gasteiger partial charge in [0, 0.05) is 28.2 Å². The molecule has 5 heteroatoms. The standard InChI is InChI=1S/C14H14BrN3O/c1-8-3-12(16)4-9(2)13(8)18-14(19)10-5-11(15)7-17-6-10/h3-7H,16H2,1-2H3,(H,18,19). The first kappa shape index (κ1) is 13.5. The van der Waals surface area contributed by atoms with Crippen LogP contribution in [0, 0.1) is 13.8 Å². The molecule has 0 saturated carbocycles. The summed E-state index contributed by atoms with van der Waals surface area (Å²) in [6, 6.07) is 5.40. The fraction of sp³-hybridized carbons (Fsp3) is 0.143. The summed E-state index contributed by atoms with van der Waals surface area (Å²) in [7, 11) is 0. The Hall–Kier alpha value is -1.88. The lowest BCUT2D eigenvalue weighted by molar-refractivity contribution is 0.102. The summed E-state index contributed by atoms with van der Waals surface area (Å²) >= 11 is 3.30. The van der Waals surface area contributed by atoms with E-state index in [-0.39, 0.29) is 5.91 Å². The van der Waals surface area contributed by atoms with E-state index in [4.69, 9.17) is 5.73 Å². The highest BCUT2D eigenvalue weighted by Crippen LogP contribution is 2.24. The number of benzene rings is 1. The summed E-state index contributed by atoms with van der Waals surface area (Å²) in [5.41, 5.74) is 9.63. The van der Waals surface area contributed by atoms with Crippen LogP contribution in [0.15, 0.2) is 35.1 Å². The number of nitrogens with one attached hydrogen (secondary N) is 1. The number of pyridine rings is 1. The van der Waals surface area contributed by atoms with Gasteiger partial charge in [-0.05, 0) is 59.1 Å². The molecule has 19 heavy (non-hydrogen) atoms. The van der Waals surface area contributed by atoms with Crippen LogP contribution in [0.1, 0.15) is 21.5 Å². The van der Waals surface area contributed by atoms with E-state index in [1.165, 1.54) is 6.20 Å². The minimum atomic E-state index is -0.190. The molecule has 4 nitrogen and oxygen atoms in total. The van der Waals surface area contributed by atoms with Crippen LogP contribution in [0.25, 0.3) is 0 Å². The van der Waals surface area contributed by atoms with Crippen LogP contribution in [-0.4, -0.2) is 10.9 Å².